The molecule has 0 unspecified atom stereocenters. The van der Waals surface area contributed by atoms with E-state index in [0.29, 0.717) is 24.9 Å². The molecule has 6 nitrogen and oxygen atoms in total. The lowest BCUT2D eigenvalue weighted by molar-refractivity contribution is -0.139. The SMILES string of the molecule is CCN(CC(=O)O)C1CC(NC(=O)c2ccccc2C(=O)c2ccc(F)cc2)C1. The molecular weight excluding hydrogens is 375 g/mol. The number of hydrogen-bond acceptors (Lipinski definition) is 4. The Hall–Kier alpha value is -3.06. The van der Waals surface area contributed by atoms with Gasteiger partial charge in [0.25, 0.3) is 5.91 Å². The number of carbonyl (C=O) groups excluding carboxylic acids is 2. The molecule has 2 aromatic rings. The van der Waals surface area contributed by atoms with Gasteiger partial charge in [-0.05, 0) is 49.7 Å². The first-order valence-corrected chi connectivity index (χ1v) is 9.55. The van der Waals surface area contributed by atoms with Crippen LogP contribution in [0.1, 0.15) is 46.0 Å². The molecule has 0 aromatic heterocycles. The van der Waals surface area contributed by atoms with Crippen LogP contribution in [0.5, 0.6) is 0 Å². The molecule has 0 bridgehead atoms. The summed E-state index contributed by atoms with van der Waals surface area (Å²) < 4.78 is 13.1. The smallest absolute Gasteiger partial charge is 0.317 e. The summed E-state index contributed by atoms with van der Waals surface area (Å²) >= 11 is 0. The standard InChI is InChI=1S/C22H23FN2O4/c1-2-25(13-20(26)27)17-11-16(12-17)24-22(29)19-6-4-3-5-18(19)21(28)14-7-9-15(23)10-8-14/h3-10,16-17H,2,11-13H2,1H3,(H,24,29)(H,26,27). The minimum atomic E-state index is -0.868. The Morgan fingerprint density at radius 3 is 2.28 bits per heavy atom. The lowest BCUT2D eigenvalue weighted by Gasteiger charge is -2.42. The van der Waals surface area contributed by atoms with Crippen LogP contribution in [0, 0.1) is 5.82 Å². The van der Waals surface area contributed by atoms with Crippen LogP contribution in [0.25, 0.3) is 0 Å². The van der Waals surface area contributed by atoms with Gasteiger partial charge in [0, 0.05) is 23.2 Å². The Bertz CT molecular complexity index is 907. The van der Waals surface area contributed by atoms with Crippen LogP contribution in [0.4, 0.5) is 4.39 Å². The van der Waals surface area contributed by atoms with Gasteiger partial charge >= 0.3 is 5.97 Å². The second-order valence-electron chi connectivity index (χ2n) is 7.13. The fraction of sp³-hybridized carbons (Fsp3) is 0.318. The monoisotopic (exact) mass is 398 g/mol. The van der Waals surface area contributed by atoms with E-state index in [0.717, 1.165) is 0 Å². The molecule has 1 fully saturated rings. The molecule has 2 aromatic carbocycles. The van der Waals surface area contributed by atoms with Crippen LogP contribution in [-0.4, -0.2) is 52.8 Å². The van der Waals surface area contributed by atoms with E-state index in [1.807, 2.05) is 11.8 Å². The largest absolute Gasteiger partial charge is 0.480 e. The number of nitrogens with one attached hydrogen (secondary N) is 1. The highest BCUT2D eigenvalue weighted by molar-refractivity contribution is 6.15. The maximum absolute atomic E-state index is 13.1. The van der Waals surface area contributed by atoms with Crippen LogP contribution in [0.15, 0.2) is 48.5 Å². The number of benzene rings is 2. The Morgan fingerprint density at radius 2 is 1.69 bits per heavy atom. The number of carboxylic acid groups (broad SMARTS) is 1. The molecule has 0 aliphatic heterocycles. The Kier molecular flexibility index (Phi) is 6.39. The van der Waals surface area contributed by atoms with Gasteiger partial charge in [-0.1, -0.05) is 25.1 Å². The predicted octanol–water partition coefficient (Wildman–Crippen LogP) is 2.72. The van der Waals surface area contributed by atoms with Gasteiger partial charge in [-0.2, -0.15) is 0 Å². The van der Waals surface area contributed by atoms with Crippen LogP contribution in [0.2, 0.25) is 0 Å². The van der Waals surface area contributed by atoms with Crippen molar-refractivity contribution in [3.05, 3.63) is 71.0 Å². The first-order valence-electron chi connectivity index (χ1n) is 9.55. The van der Waals surface area contributed by atoms with Crippen LogP contribution >= 0.6 is 0 Å². The third kappa shape index (κ3) is 4.86. The van der Waals surface area contributed by atoms with E-state index in [1.165, 1.54) is 24.3 Å². The van der Waals surface area contributed by atoms with Crippen molar-refractivity contribution in [3.8, 4) is 0 Å². The van der Waals surface area contributed by atoms with Gasteiger partial charge < -0.3 is 10.4 Å². The number of hydrogen-bond donors (Lipinski definition) is 2. The summed E-state index contributed by atoms with van der Waals surface area (Å²) in [4.78, 5) is 38.3. The Morgan fingerprint density at radius 1 is 1.07 bits per heavy atom. The summed E-state index contributed by atoms with van der Waals surface area (Å²) in [7, 11) is 0. The number of halogens is 1. The van der Waals surface area contributed by atoms with Crippen molar-refractivity contribution < 1.29 is 23.9 Å². The average Bonchev–Trinajstić information content (AvgIpc) is 2.68. The van der Waals surface area contributed by atoms with Crippen LogP contribution < -0.4 is 5.32 Å². The normalized spacial score (nSPS) is 18.2. The van der Waals surface area contributed by atoms with Gasteiger partial charge in [0.05, 0.1) is 12.1 Å². The number of carbonyl (C=O) groups is 3. The summed E-state index contributed by atoms with van der Waals surface area (Å²) in [6, 6.07) is 11.8. The summed E-state index contributed by atoms with van der Waals surface area (Å²) in [5, 5.41) is 11.9. The quantitative estimate of drug-likeness (QED) is 0.668. The molecule has 3 rings (SSSR count). The van der Waals surface area contributed by atoms with Crippen molar-refractivity contribution in [2.45, 2.75) is 31.8 Å². The van der Waals surface area contributed by atoms with Gasteiger partial charge in [-0.15, -0.1) is 0 Å². The van der Waals surface area contributed by atoms with E-state index in [4.69, 9.17) is 5.11 Å². The third-order valence-electron chi connectivity index (χ3n) is 5.23. The summed E-state index contributed by atoms with van der Waals surface area (Å²) in [6.07, 6.45) is 1.34. The van der Waals surface area contributed by atoms with E-state index < -0.39 is 11.8 Å². The molecule has 152 valence electrons. The topological polar surface area (TPSA) is 86.7 Å². The zero-order chi connectivity index (χ0) is 21.0. The van der Waals surface area contributed by atoms with E-state index in [9.17, 15) is 18.8 Å². The van der Waals surface area contributed by atoms with Crippen molar-refractivity contribution in [3.63, 3.8) is 0 Å². The van der Waals surface area contributed by atoms with Gasteiger partial charge in [-0.3, -0.25) is 19.3 Å². The zero-order valence-electron chi connectivity index (χ0n) is 16.1. The maximum atomic E-state index is 13.1. The molecule has 7 heteroatoms. The predicted molar refractivity (Wildman–Crippen MR) is 105 cm³/mol. The van der Waals surface area contributed by atoms with Crippen molar-refractivity contribution in [1.29, 1.82) is 0 Å². The third-order valence-corrected chi connectivity index (χ3v) is 5.23. The number of likely N-dealkylation sites (N-methyl/N-ethyl adjacent to an activating group) is 1. The Labute approximate surface area is 168 Å². The maximum Gasteiger partial charge on any atom is 0.317 e. The second-order valence-corrected chi connectivity index (χ2v) is 7.13. The van der Waals surface area contributed by atoms with E-state index in [2.05, 4.69) is 5.32 Å². The number of ketones is 1. The van der Waals surface area contributed by atoms with E-state index in [-0.39, 0.29) is 41.4 Å². The fourth-order valence-corrected chi connectivity index (χ4v) is 3.58. The minimum Gasteiger partial charge on any atom is -0.480 e. The number of nitrogens with zero attached hydrogens (tertiary/aromatic N) is 1. The lowest BCUT2D eigenvalue weighted by atomic mass is 9.85. The Balaban J connectivity index is 1.66. The molecule has 1 aliphatic rings. The van der Waals surface area contributed by atoms with Crippen LogP contribution in [0.3, 0.4) is 0 Å². The molecule has 2 N–H and O–H groups in total. The van der Waals surface area contributed by atoms with Crippen molar-refractivity contribution in [1.82, 2.24) is 10.2 Å². The summed E-state index contributed by atoms with van der Waals surface area (Å²) in [6.45, 7) is 2.52. The van der Waals surface area contributed by atoms with Gasteiger partial charge in [0.1, 0.15) is 5.82 Å². The molecular formula is C22H23FN2O4. The van der Waals surface area contributed by atoms with Crippen molar-refractivity contribution >= 4 is 17.7 Å². The average molecular weight is 398 g/mol. The molecule has 0 atom stereocenters. The summed E-state index contributed by atoms with van der Waals surface area (Å²) in [5.41, 5.74) is 0.833. The van der Waals surface area contributed by atoms with E-state index in [1.54, 1.807) is 24.3 Å². The number of aliphatic carboxylic acids is 1. The highest BCUT2D eigenvalue weighted by atomic mass is 19.1. The van der Waals surface area contributed by atoms with Crippen LogP contribution in [-0.2, 0) is 4.79 Å². The zero-order valence-corrected chi connectivity index (χ0v) is 16.1. The van der Waals surface area contributed by atoms with Gasteiger partial charge in [-0.25, -0.2) is 4.39 Å². The first kappa shape index (κ1) is 20.7. The van der Waals surface area contributed by atoms with Gasteiger partial charge in [0.2, 0.25) is 0 Å². The van der Waals surface area contributed by atoms with Gasteiger partial charge in [0.15, 0.2) is 5.78 Å². The highest BCUT2D eigenvalue weighted by Gasteiger charge is 2.35. The highest BCUT2D eigenvalue weighted by Crippen LogP contribution is 2.26. The fourth-order valence-electron chi connectivity index (χ4n) is 3.58. The first-order chi connectivity index (χ1) is 13.9. The van der Waals surface area contributed by atoms with Crippen molar-refractivity contribution in [2.24, 2.45) is 0 Å². The van der Waals surface area contributed by atoms with Crippen molar-refractivity contribution in [2.75, 3.05) is 13.1 Å². The molecule has 1 aliphatic carbocycles. The molecule has 1 amide bonds. The minimum absolute atomic E-state index is 0.0170. The number of amides is 1. The molecule has 0 radical (unpaired) electrons. The molecule has 1 saturated carbocycles. The molecule has 0 spiro atoms. The van der Waals surface area contributed by atoms with E-state index >= 15 is 0 Å². The lowest BCUT2D eigenvalue weighted by Crippen LogP contribution is -2.54. The molecule has 29 heavy (non-hydrogen) atoms. The molecule has 0 heterocycles. The number of rotatable bonds is 8. The summed E-state index contributed by atoms with van der Waals surface area (Å²) in [5.74, 6) is -2.00. The second kappa shape index (κ2) is 8.96. The number of carboxylic acids is 1. The molecule has 0 saturated heterocycles.